The predicted octanol–water partition coefficient (Wildman–Crippen LogP) is 15.0. The molecule has 0 unspecified atom stereocenters. The first kappa shape index (κ1) is 83.0. The van der Waals surface area contributed by atoms with Crippen LogP contribution in [0.1, 0.15) is 44.5 Å². The lowest BCUT2D eigenvalue weighted by atomic mass is 10.1. The lowest BCUT2D eigenvalue weighted by Crippen LogP contribution is -2.11. The van der Waals surface area contributed by atoms with Crippen molar-refractivity contribution in [3.63, 3.8) is 0 Å². The van der Waals surface area contributed by atoms with Crippen LogP contribution < -0.4 is 41.0 Å². The zero-order chi connectivity index (χ0) is 72.4. The van der Waals surface area contributed by atoms with Crippen molar-refractivity contribution >= 4 is 71.4 Å². The first-order valence-corrected chi connectivity index (χ1v) is 33.7. The first-order chi connectivity index (χ1) is 50.2. The highest BCUT2D eigenvalue weighted by Gasteiger charge is 2.02. The molecule has 0 aliphatic heterocycles. The van der Waals surface area contributed by atoms with E-state index in [4.69, 9.17) is 68.3 Å². The van der Waals surface area contributed by atoms with Gasteiger partial charge in [-0.25, -0.2) is 27.5 Å². The van der Waals surface area contributed by atoms with E-state index >= 15 is 0 Å². The van der Waals surface area contributed by atoms with Gasteiger partial charge in [-0.2, -0.15) is 0 Å². The molecule has 0 radical (unpaired) electrons. The molecule has 0 aliphatic rings. The third-order valence-corrected chi connectivity index (χ3v) is 13.7. The SMILES string of the molecule is CNc1ccc(/C=C/c2ccc(OCCOCCOCCF)cc2)cc1.CNc1ccc(/C=C/c2ccc(OCCOCCOCCF)nc2)cc1.Nc1ccc(/C=C/c2ccc(OCCOCCOCCF)cc2)cc1.Nc1ccc(/C=C/c2ccc(OCCOCCOCCF)nc2)cc1. The molecular formula is C80H98F4N6O12. The van der Waals surface area contributed by atoms with Gasteiger partial charge in [0.15, 0.2) is 0 Å². The third kappa shape index (κ3) is 40.0. The number of ether oxygens (including phenoxy) is 12. The third-order valence-electron chi connectivity index (χ3n) is 13.7. The number of nitrogen functional groups attached to an aromatic ring is 2. The molecule has 0 saturated heterocycles. The van der Waals surface area contributed by atoms with E-state index in [9.17, 15) is 17.6 Å². The number of nitrogens with two attached hydrogens (primary N) is 2. The summed E-state index contributed by atoms with van der Waals surface area (Å²) in [6, 6.07) is 55.0. The van der Waals surface area contributed by atoms with Crippen LogP contribution in [-0.4, -0.2) is 183 Å². The maximum atomic E-state index is 11.8. The Hall–Kier alpha value is -9.62. The van der Waals surface area contributed by atoms with E-state index in [2.05, 4.69) is 57.0 Å². The summed E-state index contributed by atoms with van der Waals surface area (Å²) in [7, 11) is 3.81. The van der Waals surface area contributed by atoms with E-state index in [1.54, 1.807) is 12.4 Å². The number of anilines is 4. The van der Waals surface area contributed by atoms with Crippen LogP contribution in [0.5, 0.6) is 23.3 Å². The van der Waals surface area contributed by atoms with Gasteiger partial charge in [0.05, 0.1) is 106 Å². The summed E-state index contributed by atoms with van der Waals surface area (Å²) in [6.07, 6.45) is 19.7. The second kappa shape index (κ2) is 55.1. The van der Waals surface area contributed by atoms with Crippen molar-refractivity contribution in [2.24, 2.45) is 0 Å². The van der Waals surface area contributed by atoms with Crippen LogP contribution in [0.25, 0.3) is 48.6 Å². The topological polar surface area (TPSA) is 213 Å². The molecule has 102 heavy (non-hydrogen) atoms. The summed E-state index contributed by atoms with van der Waals surface area (Å²) < 4.78 is 111. The number of nitrogens with zero attached hydrogens (tertiary/aromatic N) is 2. The average molecular weight is 1410 g/mol. The fraction of sp³-hybridized carbons (Fsp3) is 0.325. The van der Waals surface area contributed by atoms with Gasteiger partial charge in [0.1, 0.15) is 64.6 Å². The van der Waals surface area contributed by atoms with Crippen molar-refractivity contribution in [2.75, 3.05) is 195 Å². The van der Waals surface area contributed by atoms with E-state index in [0.29, 0.717) is 117 Å². The van der Waals surface area contributed by atoms with E-state index in [1.807, 2.05) is 196 Å². The second-order valence-electron chi connectivity index (χ2n) is 21.5. The van der Waals surface area contributed by atoms with Crippen molar-refractivity contribution in [2.45, 2.75) is 0 Å². The number of aromatic nitrogens is 2. The molecule has 6 N–H and O–H groups in total. The molecule has 0 spiro atoms. The molecule has 0 amide bonds. The Morgan fingerprint density at radius 1 is 0.265 bits per heavy atom. The molecule has 6 aromatic carbocycles. The van der Waals surface area contributed by atoms with Gasteiger partial charge in [0.25, 0.3) is 0 Å². The van der Waals surface area contributed by atoms with E-state index in [-0.39, 0.29) is 26.4 Å². The van der Waals surface area contributed by atoms with Gasteiger partial charge in [0.2, 0.25) is 11.8 Å². The summed E-state index contributed by atoms with van der Waals surface area (Å²) in [5.41, 5.74) is 23.6. The van der Waals surface area contributed by atoms with Crippen molar-refractivity contribution < 1.29 is 74.4 Å². The molecule has 0 atom stereocenters. The molecule has 0 saturated carbocycles. The van der Waals surface area contributed by atoms with Gasteiger partial charge in [0, 0.05) is 61.4 Å². The van der Waals surface area contributed by atoms with Crippen LogP contribution >= 0.6 is 0 Å². The Morgan fingerprint density at radius 3 is 0.725 bits per heavy atom. The summed E-state index contributed by atoms with van der Waals surface area (Å²) in [4.78, 5) is 8.52. The van der Waals surface area contributed by atoms with Crippen LogP contribution in [0.4, 0.5) is 40.3 Å². The fourth-order valence-electron chi connectivity index (χ4n) is 8.36. The Labute approximate surface area is 598 Å². The summed E-state index contributed by atoms with van der Waals surface area (Å²) in [5.74, 6) is 2.69. The van der Waals surface area contributed by atoms with Crippen LogP contribution in [0.3, 0.4) is 0 Å². The smallest absolute Gasteiger partial charge is 0.213 e. The summed E-state index contributed by atoms with van der Waals surface area (Å²) in [5, 5.41) is 6.20. The number of benzene rings is 6. The molecular weight excluding hydrogens is 1310 g/mol. The minimum absolute atomic E-state index is 0.114. The highest BCUT2D eigenvalue weighted by molar-refractivity contribution is 5.73. The molecule has 548 valence electrons. The molecule has 18 nitrogen and oxygen atoms in total. The Morgan fingerprint density at radius 2 is 0.480 bits per heavy atom. The monoisotopic (exact) mass is 1410 g/mol. The molecule has 8 rings (SSSR count). The summed E-state index contributed by atoms with van der Waals surface area (Å²) in [6.45, 7) is 5.48. The predicted molar refractivity (Wildman–Crippen MR) is 403 cm³/mol. The first-order valence-electron chi connectivity index (χ1n) is 33.7. The number of rotatable bonds is 46. The Balaban J connectivity index is 0.000000245. The Bertz CT molecular complexity index is 3240. The molecule has 0 aliphatic carbocycles. The molecule has 22 heteroatoms. The van der Waals surface area contributed by atoms with Crippen molar-refractivity contribution in [1.29, 1.82) is 0 Å². The number of hydrogen-bond donors (Lipinski definition) is 4. The maximum Gasteiger partial charge on any atom is 0.213 e. The van der Waals surface area contributed by atoms with Crippen LogP contribution in [0, 0.1) is 0 Å². The largest absolute Gasteiger partial charge is 0.491 e. The second-order valence-corrected chi connectivity index (χ2v) is 21.5. The lowest BCUT2D eigenvalue weighted by Gasteiger charge is -2.07. The van der Waals surface area contributed by atoms with Crippen LogP contribution in [0.2, 0.25) is 0 Å². The minimum Gasteiger partial charge on any atom is -0.491 e. The van der Waals surface area contributed by atoms with Gasteiger partial charge >= 0.3 is 0 Å². The lowest BCUT2D eigenvalue weighted by molar-refractivity contribution is 0.0320. The van der Waals surface area contributed by atoms with Gasteiger partial charge in [-0.1, -0.05) is 121 Å². The highest BCUT2D eigenvalue weighted by atomic mass is 19.1. The molecule has 8 aromatic rings. The van der Waals surface area contributed by atoms with E-state index in [1.165, 1.54) is 0 Å². The molecule has 2 heterocycles. The highest BCUT2D eigenvalue weighted by Crippen LogP contribution is 2.20. The van der Waals surface area contributed by atoms with Crippen molar-refractivity contribution in [3.8, 4) is 23.3 Å². The van der Waals surface area contributed by atoms with E-state index in [0.717, 1.165) is 78.8 Å². The minimum atomic E-state index is -0.472. The van der Waals surface area contributed by atoms with Crippen molar-refractivity contribution in [1.82, 2.24) is 9.97 Å². The molecule has 0 fully saturated rings. The quantitative estimate of drug-likeness (QED) is 0.0121. The average Bonchev–Trinajstić information content (AvgIpc) is 0.930. The van der Waals surface area contributed by atoms with E-state index < -0.39 is 26.7 Å². The maximum absolute atomic E-state index is 11.8. The van der Waals surface area contributed by atoms with Gasteiger partial charge in [-0.15, -0.1) is 0 Å². The van der Waals surface area contributed by atoms with Crippen molar-refractivity contribution in [3.05, 3.63) is 227 Å². The number of pyridine rings is 2. The zero-order valence-electron chi connectivity index (χ0n) is 58.4. The Kier molecular flexibility index (Phi) is 44.9. The zero-order valence-corrected chi connectivity index (χ0v) is 58.4. The molecule has 0 bridgehead atoms. The number of nitrogens with one attached hydrogen (secondary N) is 2. The summed E-state index contributed by atoms with van der Waals surface area (Å²) >= 11 is 0. The van der Waals surface area contributed by atoms with Gasteiger partial charge < -0.3 is 78.9 Å². The molecule has 2 aromatic heterocycles. The number of halogens is 4. The number of alkyl halides is 4. The van der Waals surface area contributed by atoms with Gasteiger partial charge in [-0.05, 0) is 129 Å². The standard InChI is InChI=1S/C21H26FNO3.C20H25FN2O3.C20H24FNO3.C19H23FN2O3/c1-23-20-8-4-18(5-9-20)2-3-19-6-10-21(11-7-19)26-17-16-25-15-14-24-13-12-22;1-22-19-7-4-17(5-8-19)2-3-18-6-9-20(23-16-18)26-15-14-25-13-12-24-11-10-21;21-11-12-23-13-14-24-15-16-25-20-9-5-18(6-10-20)2-1-17-3-7-19(22)8-4-17;20-9-10-23-11-12-24-13-14-25-19-8-5-17(15-22-19)2-1-16-3-6-18(21)7-4-16/h2-11,23H,12-17H2,1H3;2-9,16,22H,10-15H2,1H3;1-10H,11-16,22H2;1-8,15H,9-14,21H2/b2*3-2+;2*2-1+. The number of hydrogen-bond acceptors (Lipinski definition) is 18. The van der Waals surface area contributed by atoms with Crippen LogP contribution in [-0.2, 0) is 37.9 Å². The normalized spacial score (nSPS) is 11.0. The van der Waals surface area contributed by atoms with Gasteiger partial charge in [-0.3, -0.25) is 0 Å². The fourth-order valence-corrected chi connectivity index (χ4v) is 8.36. The van der Waals surface area contributed by atoms with Crippen LogP contribution in [0.15, 0.2) is 182 Å².